The molecule has 3 nitrogen and oxygen atoms in total. The molecular weight excluding hydrogens is 468 g/mol. The van der Waals surface area contributed by atoms with E-state index in [1.165, 1.54) is 0 Å². The van der Waals surface area contributed by atoms with Crippen molar-refractivity contribution < 1.29 is 14.4 Å². The number of rotatable bonds is 10. The smallest absolute Gasteiger partial charge is 0.173 e. The quantitative estimate of drug-likeness (QED) is 0.209. The van der Waals surface area contributed by atoms with Crippen molar-refractivity contribution in [3.63, 3.8) is 0 Å². The Morgan fingerprint density at radius 1 is 0.500 bits per heavy atom. The van der Waals surface area contributed by atoms with Gasteiger partial charge in [-0.05, 0) is 38.8 Å². The van der Waals surface area contributed by atoms with Crippen LogP contribution in [0.15, 0.2) is 109 Å². The van der Waals surface area contributed by atoms with Crippen LogP contribution in [0.3, 0.4) is 0 Å². The Balaban J connectivity index is 1.71. The van der Waals surface area contributed by atoms with E-state index in [0.717, 1.165) is 22.3 Å². The number of Topliss-reactive ketones (excluding diaryl/α,β-unsaturated/α-hetero) is 3. The summed E-state index contributed by atoms with van der Waals surface area (Å²) in [6.45, 7) is 7.63. The van der Waals surface area contributed by atoms with Gasteiger partial charge in [-0.3, -0.25) is 14.4 Å². The summed E-state index contributed by atoms with van der Waals surface area (Å²) < 4.78 is 0. The summed E-state index contributed by atoms with van der Waals surface area (Å²) in [6, 6.07) is 33.8. The zero-order valence-corrected chi connectivity index (χ0v) is 22.5. The maximum absolute atomic E-state index is 13.9. The van der Waals surface area contributed by atoms with Crippen molar-refractivity contribution in [2.24, 2.45) is 0 Å². The number of ketones is 3. The van der Waals surface area contributed by atoms with Crippen LogP contribution in [0.2, 0.25) is 0 Å². The molecule has 38 heavy (non-hydrogen) atoms. The van der Waals surface area contributed by atoms with Crippen molar-refractivity contribution >= 4 is 17.3 Å². The molecule has 0 aromatic heterocycles. The van der Waals surface area contributed by atoms with Crippen LogP contribution in [0.1, 0.15) is 69.7 Å². The van der Waals surface area contributed by atoms with Crippen molar-refractivity contribution in [2.75, 3.05) is 0 Å². The van der Waals surface area contributed by atoms with Gasteiger partial charge in [0.25, 0.3) is 0 Å². The minimum absolute atomic E-state index is 0.00662. The Morgan fingerprint density at radius 2 is 0.816 bits per heavy atom. The first-order valence-electron chi connectivity index (χ1n) is 13.0. The van der Waals surface area contributed by atoms with E-state index in [4.69, 9.17) is 0 Å². The van der Waals surface area contributed by atoms with Gasteiger partial charge in [0.05, 0.1) is 10.8 Å². The third kappa shape index (κ3) is 5.57. The molecule has 0 aliphatic heterocycles. The predicted molar refractivity (Wildman–Crippen MR) is 153 cm³/mol. The Labute approximate surface area is 225 Å². The number of hydrogen-bond acceptors (Lipinski definition) is 3. The van der Waals surface area contributed by atoms with E-state index in [1.807, 2.05) is 137 Å². The highest BCUT2D eigenvalue weighted by Crippen LogP contribution is 2.37. The van der Waals surface area contributed by atoms with E-state index >= 15 is 0 Å². The van der Waals surface area contributed by atoms with Crippen LogP contribution in [0.25, 0.3) is 0 Å². The van der Waals surface area contributed by atoms with Gasteiger partial charge >= 0.3 is 0 Å². The predicted octanol–water partition coefficient (Wildman–Crippen LogP) is 7.63. The molecule has 0 aliphatic carbocycles. The molecule has 0 N–H and O–H groups in total. The van der Waals surface area contributed by atoms with Crippen LogP contribution >= 0.6 is 0 Å². The monoisotopic (exact) mass is 502 g/mol. The van der Waals surface area contributed by atoms with Crippen LogP contribution in [-0.2, 0) is 15.6 Å². The summed E-state index contributed by atoms with van der Waals surface area (Å²) in [5, 5.41) is 0. The largest absolute Gasteiger partial charge is 0.300 e. The Hall–Kier alpha value is -4.11. The highest BCUT2D eigenvalue weighted by atomic mass is 16.1. The highest BCUT2D eigenvalue weighted by Gasteiger charge is 2.42. The van der Waals surface area contributed by atoms with Gasteiger partial charge in [0, 0.05) is 24.0 Å². The second kappa shape index (κ2) is 11.1. The van der Waals surface area contributed by atoms with Gasteiger partial charge in [-0.1, -0.05) is 120 Å². The van der Waals surface area contributed by atoms with Crippen molar-refractivity contribution in [1.82, 2.24) is 0 Å². The van der Waals surface area contributed by atoms with Crippen LogP contribution in [0, 0.1) is 13.8 Å². The summed E-state index contributed by atoms with van der Waals surface area (Å²) in [5.41, 5.74) is 2.68. The molecule has 4 aromatic carbocycles. The van der Waals surface area contributed by atoms with Gasteiger partial charge < -0.3 is 0 Å². The SMILES string of the molecule is Cc1ccc(C(=O)C(C)(CC(=O)CC(C)(C(=O)c2ccc(C)cc2)c2ccccc2)c2ccccc2)cc1. The molecule has 0 saturated carbocycles. The number of benzene rings is 4. The molecule has 4 rings (SSSR count). The van der Waals surface area contributed by atoms with Gasteiger partial charge in [0.2, 0.25) is 0 Å². The van der Waals surface area contributed by atoms with E-state index in [1.54, 1.807) is 0 Å². The summed E-state index contributed by atoms with van der Waals surface area (Å²) in [4.78, 5) is 41.7. The molecule has 2 unspecified atom stereocenters. The van der Waals surface area contributed by atoms with Crippen molar-refractivity contribution in [3.05, 3.63) is 143 Å². The molecule has 0 spiro atoms. The fourth-order valence-corrected chi connectivity index (χ4v) is 5.14. The first-order chi connectivity index (χ1) is 18.1. The first kappa shape index (κ1) is 26.9. The van der Waals surface area contributed by atoms with E-state index in [2.05, 4.69) is 0 Å². The van der Waals surface area contributed by atoms with Gasteiger partial charge in [0.15, 0.2) is 11.6 Å². The zero-order valence-electron chi connectivity index (χ0n) is 22.5. The van der Waals surface area contributed by atoms with Gasteiger partial charge in [-0.2, -0.15) is 0 Å². The molecule has 0 bridgehead atoms. The minimum atomic E-state index is -1.07. The second-order valence-electron chi connectivity index (χ2n) is 10.7. The molecule has 0 fully saturated rings. The minimum Gasteiger partial charge on any atom is -0.300 e. The lowest BCUT2D eigenvalue weighted by Gasteiger charge is -2.32. The summed E-state index contributed by atoms with van der Waals surface area (Å²) in [5.74, 6) is -0.352. The van der Waals surface area contributed by atoms with Crippen molar-refractivity contribution in [1.29, 1.82) is 0 Å². The lowest BCUT2D eigenvalue weighted by Crippen LogP contribution is -2.39. The van der Waals surface area contributed by atoms with E-state index in [-0.39, 0.29) is 30.2 Å². The van der Waals surface area contributed by atoms with Gasteiger partial charge in [0.1, 0.15) is 5.78 Å². The van der Waals surface area contributed by atoms with Crippen LogP contribution < -0.4 is 0 Å². The molecule has 192 valence electrons. The number of carbonyl (C=O) groups is 3. The highest BCUT2D eigenvalue weighted by molar-refractivity contribution is 6.09. The molecule has 0 radical (unpaired) electrons. The lowest BCUT2D eigenvalue weighted by atomic mass is 9.68. The Bertz CT molecular complexity index is 1310. The van der Waals surface area contributed by atoms with Gasteiger partial charge in [-0.15, -0.1) is 0 Å². The normalized spacial score (nSPS) is 14.2. The number of hydrogen-bond donors (Lipinski definition) is 0. The molecule has 0 amide bonds. The second-order valence-corrected chi connectivity index (χ2v) is 10.7. The van der Waals surface area contributed by atoms with Crippen LogP contribution in [0.4, 0.5) is 0 Å². The summed E-state index contributed by atoms with van der Waals surface area (Å²) in [7, 11) is 0. The van der Waals surface area contributed by atoms with E-state index in [9.17, 15) is 14.4 Å². The third-order valence-corrected chi connectivity index (χ3v) is 7.55. The van der Waals surface area contributed by atoms with Crippen LogP contribution in [0.5, 0.6) is 0 Å². The molecule has 0 saturated heterocycles. The average molecular weight is 503 g/mol. The van der Waals surface area contributed by atoms with Crippen LogP contribution in [-0.4, -0.2) is 17.3 Å². The number of carbonyl (C=O) groups excluding carboxylic acids is 3. The fraction of sp³-hybridized carbons (Fsp3) is 0.229. The average Bonchev–Trinajstić information content (AvgIpc) is 2.94. The molecular formula is C35H34O3. The molecule has 0 aliphatic rings. The summed E-state index contributed by atoms with van der Waals surface area (Å²) in [6.07, 6.45) is -0.0132. The van der Waals surface area contributed by atoms with Crippen molar-refractivity contribution in [2.45, 2.75) is 51.4 Å². The van der Waals surface area contributed by atoms with Crippen molar-refractivity contribution in [3.8, 4) is 0 Å². The molecule has 0 heterocycles. The van der Waals surface area contributed by atoms with E-state index in [0.29, 0.717) is 11.1 Å². The maximum atomic E-state index is 13.9. The zero-order chi connectivity index (χ0) is 27.3. The van der Waals surface area contributed by atoms with Gasteiger partial charge in [-0.25, -0.2) is 0 Å². The summed E-state index contributed by atoms with van der Waals surface area (Å²) >= 11 is 0. The van der Waals surface area contributed by atoms with E-state index < -0.39 is 10.8 Å². The molecule has 2 atom stereocenters. The Morgan fingerprint density at radius 3 is 1.13 bits per heavy atom. The maximum Gasteiger partial charge on any atom is 0.173 e. The molecule has 4 aromatic rings. The topological polar surface area (TPSA) is 51.2 Å². The Kier molecular flexibility index (Phi) is 7.87. The lowest BCUT2D eigenvalue weighted by molar-refractivity contribution is -0.120. The molecule has 3 heteroatoms. The standard InChI is InChI=1S/C35H34O3/c1-25-15-19-27(20-16-25)32(37)34(3,29-11-7-5-8-12-29)23-31(36)24-35(4,30-13-9-6-10-14-30)33(38)28-21-17-26(2)18-22-28/h5-22H,23-24H2,1-4H3. The fourth-order valence-electron chi connectivity index (χ4n) is 5.14. The number of aryl methyl sites for hydroxylation is 2. The third-order valence-electron chi connectivity index (χ3n) is 7.55. The first-order valence-corrected chi connectivity index (χ1v) is 13.0.